The smallest absolute Gasteiger partial charge is 0.237 e. The highest BCUT2D eigenvalue weighted by Gasteiger charge is 2.15. The van der Waals surface area contributed by atoms with Crippen LogP contribution in [0, 0.1) is 0 Å². The molecule has 4 rings (SSSR count). The predicted molar refractivity (Wildman–Crippen MR) is 108 cm³/mol. The number of halogens is 1. The Morgan fingerprint density at radius 2 is 1.86 bits per heavy atom. The van der Waals surface area contributed by atoms with Crippen molar-refractivity contribution in [3.8, 4) is 22.8 Å². The largest absolute Gasteiger partial charge is 0.338 e. The van der Waals surface area contributed by atoms with E-state index < -0.39 is 0 Å². The van der Waals surface area contributed by atoms with Crippen LogP contribution in [-0.4, -0.2) is 29.9 Å². The molecule has 7 nitrogen and oxygen atoms in total. The SMILES string of the molecule is C=CCn1c(SCc2nc(-c3ccc(Cl)cc3)no2)nnc1-c1ccncc1. The first-order valence-electron chi connectivity index (χ1n) is 8.40. The minimum absolute atomic E-state index is 0.478. The normalized spacial score (nSPS) is 10.9. The number of rotatable bonds is 7. The van der Waals surface area contributed by atoms with Crippen molar-refractivity contribution in [1.82, 2.24) is 29.9 Å². The molecule has 1 aromatic carbocycles. The fraction of sp³-hybridized carbons (Fsp3) is 0.105. The number of aromatic nitrogens is 6. The summed E-state index contributed by atoms with van der Waals surface area (Å²) in [6.45, 7) is 4.41. The second kappa shape index (κ2) is 8.37. The molecule has 0 N–H and O–H groups in total. The van der Waals surface area contributed by atoms with Crippen LogP contribution in [0.5, 0.6) is 0 Å². The molecule has 0 aliphatic carbocycles. The summed E-state index contributed by atoms with van der Waals surface area (Å²) in [6, 6.07) is 11.1. The van der Waals surface area contributed by atoms with Gasteiger partial charge in [-0.2, -0.15) is 4.98 Å². The number of benzene rings is 1. The Hall–Kier alpha value is -2.97. The molecule has 0 radical (unpaired) electrons. The molecule has 0 atom stereocenters. The number of pyridine rings is 1. The van der Waals surface area contributed by atoms with Gasteiger partial charge in [0.05, 0.1) is 5.75 Å². The Bertz CT molecular complexity index is 1080. The Morgan fingerprint density at radius 1 is 1.07 bits per heavy atom. The van der Waals surface area contributed by atoms with Crippen LogP contribution in [0.25, 0.3) is 22.8 Å². The number of hydrogen-bond acceptors (Lipinski definition) is 7. The minimum atomic E-state index is 0.478. The molecule has 0 amide bonds. The maximum atomic E-state index is 5.92. The van der Waals surface area contributed by atoms with Crippen molar-refractivity contribution in [1.29, 1.82) is 0 Å². The molecule has 0 saturated carbocycles. The molecule has 3 aromatic heterocycles. The van der Waals surface area contributed by atoms with Crippen LogP contribution in [0.2, 0.25) is 5.02 Å². The fourth-order valence-corrected chi connectivity index (χ4v) is 3.47. The van der Waals surface area contributed by atoms with Crippen molar-refractivity contribution in [2.75, 3.05) is 0 Å². The van der Waals surface area contributed by atoms with Gasteiger partial charge < -0.3 is 4.52 Å². The van der Waals surface area contributed by atoms with Gasteiger partial charge in [0.2, 0.25) is 11.7 Å². The molecule has 0 aliphatic rings. The van der Waals surface area contributed by atoms with Gasteiger partial charge in [0, 0.05) is 35.1 Å². The molecule has 0 spiro atoms. The molecular weight excluding hydrogens is 396 g/mol. The summed E-state index contributed by atoms with van der Waals surface area (Å²) in [5.74, 6) is 2.27. The van der Waals surface area contributed by atoms with Crippen LogP contribution in [-0.2, 0) is 12.3 Å². The van der Waals surface area contributed by atoms with E-state index in [0.29, 0.717) is 29.0 Å². The third-order valence-corrected chi connectivity index (χ3v) is 5.07. The van der Waals surface area contributed by atoms with Gasteiger partial charge in [0.1, 0.15) is 0 Å². The van der Waals surface area contributed by atoms with Gasteiger partial charge >= 0.3 is 0 Å². The lowest BCUT2D eigenvalue weighted by molar-refractivity contribution is 0.391. The molecule has 0 unspecified atom stereocenters. The van der Waals surface area contributed by atoms with Gasteiger partial charge in [0.15, 0.2) is 11.0 Å². The highest BCUT2D eigenvalue weighted by molar-refractivity contribution is 7.98. The van der Waals surface area contributed by atoms with E-state index >= 15 is 0 Å². The zero-order valence-electron chi connectivity index (χ0n) is 14.7. The monoisotopic (exact) mass is 410 g/mol. The Kier molecular flexibility index (Phi) is 5.50. The van der Waals surface area contributed by atoms with Crippen LogP contribution in [0.15, 0.2) is 71.1 Å². The van der Waals surface area contributed by atoms with Crippen LogP contribution in [0.3, 0.4) is 0 Å². The van der Waals surface area contributed by atoms with Crippen molar-refractivity contribution in [3.63, 3.8) is 0 Å². The molecule has 0 aliphatic heterocycles. The summed E-state index contributed by atoms with van der Waals surface area (Å²) in [5.41, 5.74) is 1.79. The lowest BCUT2D eigenvalue weighted by Crippen LogP contribution is -2.00. The standard InChI is InChI=1S/C19H15ClN6OS/c1-2-11-26-18(14-7-9-21-10-8-14)23-24-19(26)28-12-16-22-17(25-27-16)13-3-5-15(20)6-4-13/h2-10H,1,11-12H2. The fourth-order valence-electron chi connectivity index (χ4n) is 2.56. The number of allylic oxidation sites excluding steroid dienone is 1. The van der Waals surface area contributed by atoms with Crippen LogP contribution >= 0.6 is 23.4 Å². The van der Waals surface area contributed by atoms with Gasteiger partial charge in [-0.3, -0.25) is 9.55 Å². The first kappa shape index (κ1) is 18.4. The van der Waals surface area contributed by atoms with E-state index in [4.69, 9.17) is 16.1 Å². The first-order valence-corrected chi connectivity index (χ1v) is 9.77. The number of nitrogens with zero attached hydrogens (tertiary/aromatic N) is 6. The molecular formula is C19H15ClN6OS. The predicted octanol–water partition coefficient (Wildman–Crippen LogP) is 4.52. The molecule has 0 fully saturated rings. The minimum Gasteiger partial charge on any atom is -0.338 e. The quantitative estimate of drug-likeness (QED) is 0.327. The molecule has 4 aromatic rings. The maximum absolute atomic E-state index is 5.92. The summed E-state index contributed by atoms with van der Waals surface area (Å²) in [5, 5.41) is 14.1. The first-order chi connectivity index (χ1) is 13.7. The summed E-state index contributed by atoms with van der Waals surface area (Å²) >= 11 is 7.39. The van der Waals surface area contributed by atoms with E-state index in [2.05, 4.69) is 31.9 Å². The van der Waals surface area contributed by atoms with E-state index in [9.17, 15) is 0 Å². The topological polar surface area (TPSA) is 82.5 Å². The summed E-state index contributed by atoms with van der Waals surface area (Å²) in [4.78, 5) is 8.48. The van der Waals surface area contributed by atoms with Crippen molar-refractivity contribution in [2.45, 2.75) is 17.5 Å². The van der Waals surface area contributed by atoms with E-state index in [1.165, 1.54) is 11.8 Å². The number of hydrogen-bond donors (Lipinski definition) is 0. The lowest BCUT2D eigenvalue weighted by atomic mass is 10.2. The lowest BCUT2D eigenvalue weighted by Gasteiger charge is -2.06. The molecule has 28 heavy (non-hydrogen) atoms. The van der Waals surface area contributed by atoms with Crippen LogP contribution < -0.4 is 0 Å². The summed E-state index contributed by atoms with van der Waals surface area (Å²) in [7, 11) is 0. The summed E-state index contributed by atoms with van der Waals surface area (Å²) in [6.07, 6.45) is 5.26. The Labute approximate surface area is 170 Å². The van der Waals surface area contributed by atoms with E-state index in [-0.39, 0.29) is 0 Å². The van der Waals surface area contributed by atoms with Gasteiger partial charge in [-0.25, -0.2) is 0 Å². The van der Waals surface area contributed by atoms with Gasteiger partial charge in [-0.05, 0) is 36.4 Å². The van der Waals surface area contributed by atoms with E-state index in [1.54, 1.807) is 24.5 Å². The third kappa shape index (κ3) is 3.97. The second-order valence-corrected chi connectivity index (χ2v) is 7.13. The van der Waals surface area contributed by atoms with Crippen LogP contribution in [0.1, 0.15) is 5.89 Å². The van der Waals surface area contributed by atoms with Crippen LogP contribution in [0.4, 0.5) is 0 Å². The molecule has 0 saturated heterocycles. The van der Waals surface area contributed by atoms with Crippen molar-refractivity contribution >= 4 is 23.4 Å². The van der Waals surface area contributed by atoms with Gasteiger partial charge in [-0.15, -0.1) is 16.8 Å². The van der Waals surface area contributed by atoms with Crippen molar-refractivity contribution in [2.24, 2.45) is 0 Å². The highest BCUT2D eigenvalue weighted by atomic mass is 35.5. The average molecular weight is 411 g/mol. The average Bonchev–Trinajstić information content (AvgIpc) is 3.35. The number of thioether (sulfide) groups is 1. The molecule has 140 valence electrons. The van der Waals surface area contributed by atoms with Gasteiger partial charge in [-0.1, -0.05) is 34.6 Å². The van der Waals surface area contributed by atoms with Gasteiger partial charge in [0.25, 0.3) is 0 Å². The maximum Gasteiger partial charge on any atom is 0.237 e. The zero-order chi connectivity index (χ0) is 19.3. The van der Waals surface area contributed by atoms with Crippen molar-refractivity contribution in [3.05, 3.63) is 72.4 Å². The Morgan fingerprint density at radius 3 is 2.61 bits per heavy atom. The third-order valence-electron chi connectivity index (χ3n) is 3.86. The Balaban J connectivity index is 1.52. The molecule has 0 bridgehead atoms. The highest BCUT2D eigenvalue weighted by Crippen LogP contribution is 2.27. The summed E-state index contributed by atoms with van der Waals surface area (Å²) < 4.78 is 7.35. The molecule has 9 heteroatoms. The van der Waals surface area contributed by atoms with E-state index in [0.717, 1.165) is 22.1 Å². The zero-order valence-corrected chi connectivity index (χ0v) is 16.3. The van der Waals surface area contributed by atoms with E-state index in [1.807, 2.05) is 34.9 Å². The second-order valence-electron chi connectivity index (χ2n) is 5.75. The van der Waals surface area contributed by atoms with Crippen molar-refractivity contribution < 1.29 is 4.52 Å². The molecule has 3 heterocycles.